The first kappa shape index (κ1) is 14.5. The van der Waals surface area contributed by atoms with Gasteiger partial charge in [0.05, 0.1) is 18.8 Å². The molecule has 1 N–H and O–H groups in total. The molecule has 1 heterocycles. The number of aromatic nitrogens is 2. The maximum absolute atomic E-state index is 14.4. The van der Waals surface area contributed by atoms with Gasteiger partial charge in [-0.3, -0.25) is 4.68 Å². The van der Waals surface area contributed by atoms with Crippen LogP contribution in [0.5, 0.6) is 5.75 Å². The van der Waals surface area contributed by atoms with Crippen molar-refractivity contribution in [3.05, 3.63) is 47.5 Å². The van der Waals surface area contributed by atoms with Crippen LogP contribution in [0.15, 0.2) is 30.5 Å². The van der Waals surface area contributed by atoms with Crippen molar-refractivity contribution < 1.29 is 9.13 Å². The van der Waals surface area contributed by atoms with E-state index in [-0.39, 0.29) is 17.6 Å². The van der Waals surface area contributed by atoms with Gasteiger partial charge in [-0.25, -0.2) is 4.39 Å². The van der Waals surface area contributed by atoms with E-state index in [2.05, 4.69) is 17.3 Å². The third-order valence-corrected chi connectivity index (χ3v) is 3.15. The lowest BCUT2D eigenvalue weighted by atomic mass is 10.0. The molecule has 1 aromatic carbocycles. The molecule has 108 valence electrons. The summed E-state index contributed by atoms with van der Waals surface area (Å²) in [6, 6.07) is 6.80. The van der Waals surface area contributed by atoms with E-state index in [1.165, 1.54) is 7.11 Å². The zero-order valence-corrected chi connectivity index (χ0v) is 12.1. The van der Waals surface area contributed by atoms with Gasteiger partial charge in [0.1, 0.15) is 0 Å². The second-order valence-corrected chi connectivity index (χ2v) is 4.66. The Balaban J connectivity index is 2.41. The Bertz CT molecular complexity index is 568. The quantitative estimate of drug-likeness (QED) is 0.882. The Kier molecular flexibility index (Phi) is 4.74. The monoisotopic (exact) mass is 277 g/mol. The van der Waals surface area contributed by atoms with Crippen molar-refractivity contribution in [2.45, 2.75) is 19.4 Å². The molecule has 0 radical (unpaired) electrons. The summed E-state index contributed by atoms with van der Waals surface area (Å²) < 4.78 is 21.2. The lowest BCUT2D eigenvalue weighted by molar-refractivity contribution is 0.381. The smallest absolute Gasteiger partial charge is 0.170 e. The fourth-order valence-electron chi connectivity index (χ4n) is 2.16. The Morgan fingerprint density at radius 3 is 2.80 bits per heavy atom. The zero-order valence-electron chi connectivity index (χ0n) is 12.1. The number of halogens is 1. The van der Waals surface area contributed by atoms with Crippen LogP contribution in [0.2, 0.25) is 0 Å². The normalized spacial score (nSPS) is 12.4. The molecule has 1 aromatic heterocycles. The topological polar surface area (TPSA) is 39.1 Å². The van der Waals surface area contributed by atoms with Crippen molar-refractivity contribution in [3.8, 4) is 5.75 Å². The van der Waals surface area contributed by atoms with E-state index in [0.717, 1.165) is 18.7 Å². The summed E-state index contributed by atoms with van der Waals surface area (Å²) in [5.74, 6) is -0.0871. The summed E-state index contributed by atoms with van der Waals surface area (Å²) >= 11 is 0. The first-order valence-corrected chi connectivity index (χ1v) is 6.72. The largest absolute Gasteiger partial charge is 0.494 e. The SMILES string of the molecule is CCCNC(c1ccn(C)n1)c1cccc(OC)c1F. The van der Waals surface area contributed by atoms with Crippen LogP contribution >= 0.6 is 0 Å². The van der Waals surface area contributed by atoms with Crippen LogP contribution in [0.1, 0.15) is 30.6 Å². The van der Waals surface area contributed by atoms with Crippen molar-refractivity contribution >= 4 is 0 Å². The van der Waals surface area contributed by atoms with Crippen LogP contribution in [-0.2, 0) is 7.05 Å². The first-order valence-electron chi connectivity index (χ1n) is 6.72. The highest BCUT2D eigenvalue weighted by molar-refractivity contribution is 5.36. The third-order valence-electron chi connectivity index (χ3n) is 3.15. The predicted octanol–water partition coefficient (Wildman–Crippen LogP) is 2.66. The first-order chi connectivity index (χ1) is 9.67. The molecule has 0 aliphatic carbocycles. The van der Waals surface area contributed by atoms with Gasteiger partial charge < -0.3 is 10.1 Å². The molecule has 5 heteroatoms. The average molecular weight is 277 g/mol. The Labute approximate surface area is 118 Å². The zero-order chi connectivity index (χ0) is 14.5. The predicted molar refractivity (Wildman–Crippen MR) is 76.3 cm³/mol. The van der Waals surface area contributed by atoms with Crippen LogP contribution in [-0.4, -0.2) is 23.4 Å². The molecule has 0 aliphatic rings. The van der Waals surface area contributed by atoms with Gasteiger partial charge in [0, 0.05) is 18.8 Å². The molecule has 0 saturated heterocycles. The van der Waals surface area contributed by atoms with E-state index in [9.17, 15) is 4.39 Å². The summed E-state index contributed by atoms with van der Waals surface area (Å²) in [7, 11) is 3.32. The molecule has 0 saturated carbocycles. The number of aryl methyl sites for hydroxylation is 1. The Morgan fingerprint density at radius 1 is 1.40 bits per heavy atom. The van der Waals surface area contributed by atoms with E-state index < -0.39 is 0 Å². The minimum Gasteiger partial charge on any atom is -0.494 e. The molecular weight excluding hydrogens is 257 g/mol. The highest BCUT2D eigenvalue weighted by Crippen LogP contribution is 2.28. The van der Waals surface area contributed by atoms with Crippen molar-refractivity contribution in [3.63, 3.8) is 0 Å². The Hall–Kier alpha value is -1.88. The molecule has 0 amide bonds. The molecule has 1 atom stereocenters. The highest BCUT2D eigenvalue weighted by atomic mass is 19.1. The van der Waals surface area contributed by atoms with Crippen LogP contribution in [0.25, 0.3) is 0 Å². The van der Waals surface area contributed by atoms with Gasteiger partial charge in [-0.2, -0.15) is 5.10 Å². The van der Waals surface area contributed by atoms with E-state index in [0.29, 0.717) is 5.56 Å². The maximum Gasteiger partial charge on any atom is 0.170 e. The minimum absolute atomic E-state index is 0.252. The molecule has 1 unspecified atom stereocenters. The van der Waals surface area contributed by atoms with Crippen LogP contribution in [0.4, 0.5) is 4.39 Å². The van der Waals surface area contributed by atoms with Crippen molar-refractivity contribution in [2.24, 2.45) is 7.05 Å². The van der Waals surface area contributed by atoms with Gasteiger partial charge in [0.15, 0.2) is 11.6 Å². The fraction of sp³-hybridized carbons (Fsp3) is 0.400. The number of hydrogen-bond acceptors (Lipinski definition) is 3. The second kappa shape index (κ2) is 6.52. The molecule has 0 aliphatic heterocycles. The van der Waals surface area contributed by atoms with Gasteiger partial charge in [0.25, 0.3) is 0 Å². The van der Waals surface area contributed by atoms with Crippen molar-refractivity contribution in [2.75, 3.05) is 13.7 Å². The van der Waals surface area contributed by atoms with Gasteiger partial charge >= 0.3 is 0 Å². The number of benzene rings is 1. The second-order valence-electron chi connectivity index (χ2n) is 4.66. The highest BCUT2D eigenvalue weighted by Gasteiger charge is 2.21. The number of hydrogen-bond donors (Lipinski definition) is 1. The van der Waals surface area contributed by atoms with Crippen molar-refractivity contribution in [1.82, 2.24) is 15.1 Å². The van der Waals surface area contributed by atoms with Crippen LogP contribution in [0.3, 0.4) is 0 Å². The lowest BCUT2D eigenvalue weighted by Crippen LogP contribution is -2.24. The standard InChI is InChI=1S/C15H20FN3O/c1-4-9-17-15(12-8-10-19(2)18-12)11-6-5-7-13(20-3)14(11)16/h5-8,10,15,17H,4,9H2,1-3H3. The molecule has 4 nitrogen and oxygen atoms in total. The van der Waals surface area contributed by atoms with E-state index >= 15 is 0 Å². The summed E-state index contributed by atoms with van der Waals surface area (Å²) in [4.78, 5) is 0. The molecule has 0 bridgehead atoms. The summed E-state index contributed by atoms with van der Waals surface area (Å²) in [6.07, 6.45) is 2.82. The van der Waals surface area contributed by atoms with E-state index in [1.54, 1.807) is 22.9 Å². The lowest BCUT2D eigenvalue weighted by Gasteiger charge is -2.18. The van der Waals surface area contributed by atoms with E-state index in [1.807, 2.05) is 19.3 Å². The summed E-state index contributed by atoms with van der Waals surface area (Å²) in [5.41, 5.74) is 1.35. The van der Waals surface area contributed by atoms with Gasteiger partial charge in [-0.1, -0.05) is 19.1 Å². The Morgan fingerprint density at radius 2 is 2.20 bits per heavy atom. The van der Waals surface area contributed by atoms with Crippen LogP contribution < -0.4 is 10.1 Å². The summed E-state index contributed by atoms with van der Waals surface area (Å²) in [6.45, 7) is 2.86. The van der Waals surface area contributed by atoms with Gasteiger partial charge in [-0.15, -0.1) is 0 Å². The van der Waals surface area contributed by atoms with Crippen molar-refractivity contribution in [1.29, 1.82) is 0 Å². The van der Waals surface area contributed by atoms with Gasteiger partial charge in [-0.05, 0) is 25.1 Å². The molecule has 2 aromatic rings. The third kappa shape index (κ3) is 2.99. The van der Waals surface area contributed by atoms with Crippen LogP contribution in [0, 0.1) is 5.82 Å². The molecule has 20 heavy (non-hydrogen) atoms. The minimum atomic E-state index is -0.339. The molecule has 2 rings (SSSR count). The summed E-state index contributed by atoms with van der Waals surface area (Å²) in [5, 5.41) is 7.72. The number of rotatable bonds is 6. The molecule has 0 fully saturated rings. The number of ether oxygens (including phenoxy) is 1. The number of methoxy groups -OCH3 is 1. The molecule has 0 spiro atoms. The fourth-order valence-corrected chi connectivity index (χ4v) is 2.16. The number of nitrogens with zero attached hydrogens (tertiary/aromatic N) is 2. The molecular formula is C15H20FN3O. The number of nitrogens with one attached hydrogen (secondary N) is 1. The average Bonchev–Trinajstić information content (AvgIpc) is 2.87. The van der Waals surface area contributed by atoms with Gasteiger partial charge in [0.2, 0.25) is 0 Å². The van der Waals surface area contributed by atoms with E-state index in [4.69, 9.17) is 4.74 Å². The maximum atomic E-state index is 14.4.